The van der Waals surface area contributed by atoms with E-state index < -0.39 is 11.5 Å². The summed E-state index contributed by atoms with van der Waals surface area (Å²) in [6, 6.07) is 8.87. The van der Waals surface area contributed by atoms with Gasteiger partial charge in [0.25, 0.3) is 5.89 Å². The summed E-state index contributed by atoms with van der Waals surface area (Å²) in [6.45, 7) is -1.58. The summed E-state index contributed by atoms with van der Waals surface area (Å²) >= 11 is 0. The van der Waals surface area contributed by atoms with Crippen molar-refractivity contribution in [2.75, 3.05) is 7.11 Å². The molecular weight excluding hydrogens is 392 g/mol. The van der Waals surface area contributed by atoms with Gasteiger partial charge in [-0.25, -0.2) is 0 Å². The standard InChI is InChI=1S/C18H15F2N3O6/c1-10-4-3-5-13(16(10)23(24)25)27-9-15-21-17(22-29-15)11-6-7-12(28-18(19)20)14(8-11)26-2/h3-8,18H,9H2,1-2H3. The van der Waals surface area contributed by atoms with Crippen LogP contribution in [0.4, 0.5) is 14.5 Å². The van der Waals surface area contributed by atoms with Gasteiger partial charge in [0.15, 0.2) is 23.9 Å². The third kappa shape index (κ3) is 4.57. The monoisotopic (exact) mass is 407 g/mol. The molecule has 0 atom stereocenters. The van der Waals surface area contributed by atoms with Crippen molar-refractivity contribution in [3.05, 3.63) is 58.0 Å². The maximum absolute atomic E-state index is 12.4. The van der Waals surface area contributed by atoms with E-state index in [1.807, 2.05) is 0 Å². The summed E-state index contributed by atoms with van der Waals surface area (Å²) in [5.74, 6) is 0.239. The minimum atomic E-state index is -2.99. The van der Waals surface area contributed by atoms with Crippen molar-refractivity contribution < 1.29 is 32.4 Å². The molecule has 1 heterocycles. The number of methoxy groups -OCH3 is 1. The van der Waals surface area contributed by atoms with E-state index in [9.17, 15) is 18.9 Å². The van der Waals surface area contributed by atoms with Crippen LogP contribution >= 0.6 is 0 Å². The average Bonchev–Trinajstić information content (AvgIpc) is 3.15. The molecule has 2 aromatic carbocycles. The van der Waals surface area contributed by atoms with Gasteiger partial charge < -0.3 is 18.7 Å². The first-order chi connectivity index (χ1) is 13.9. The molecule has 152 valence electrons. The van der Waals surface area contributed by atoms with E-state index in [2.05, 4.69) is 14.9 Å². The Morgan fingerprint density at radius 2 is 2.00 bits per heavy atom. The van der Waals surface area contributed by atoms with Gasteiger partial charge in [-0.2, -0.15) is 13.8 Å². The van der Waals surface area contributed by atoms with Gasteiger partial charge in [0.2, 0.25) is 5.82 Å². The predicted molar refractivity (Wildman–Crippen MR) is 95.1 cm³/mol. The summed E-state index contributed by atoms with van der Waals surface area (Å²) in [4.78, 5) is 14.8. The van der Waals surface area contributed by atoms with Crippen LogP contribution in [-0.4, -0.2) is 28.8 Å². The molecule has 0 N–H and O–H groups in total. The van der Waals surface area contributed by atoms with Crippen molar-refractivity contribution >= 4 is 5.69 Å². The molecule has 0 radical (unpaired) electrons. The van der Waals surface area contributed by atoms with Gasteiger partial charge in [0.05, 0.1) is 12.0 Å². The maximum Gasteiger partial charge on any atom is 0.387 e. The smallest absolute Gasteiger partial charge is 0.387 e. The van der Waals surface area contributed by atoms with Crippen LogP contribution in [0.2, 0.25) is 0 Å². The van der Waals surface area contributed by atoms with Crippen LogP contribution in [-0.2, 0) is 6.61 Å². The van der Waals surface area contributed by atoms with Crippen LogP contribution in [0.25, 0.3) is 11.4 Å². The number of aryl methyl sites for hydroxylation is 1. The lowest BCUT2D eigenvalue weighted by Gasteiger charge is -2.10. The van der Waals surface area contributed by atoms with Crippen LogP contribution in [0, 0.1) is 17.0 Å². The van der Waals surface area contributed by atoms with Crippen LogP contribution in [0.3, 0.4) is 0 Å². The Labute approximate surface area is 163 Å². The molecule has 11 heteroatoms. The summed E-state index contributed by atoms with van der Waals surface area (Å²) in [5.41, 5.74) is 0.739. The van der Waals surface area contributed by atoms with Crippen LogP contribution < -0.4 is 14.2 Å². The predicted octanol–water partition coefficient (Wildman–Crippen LogP) is 4.14. The molecule has 3 aromatic rings. The molecule has 29 heavy (non-hydrogen) atoms. The highest BCUT2D eigenvalue weighted by atomic mass is 19.3. The summed E-state index contributed by atoms with van der Waals surface area (Å²) < 4.78 is 44.8. The number of hydrogen-bond acceptors (Lipinski definition) is 8. The van der Waals surface area contributed by atoms with Gasteiger partial charge in [-0.3, -0.25) is 10.1 Å². The van der Waals surface area contributed by atoms with Crippen molar-refractivity contribution in [1.29, 1.82) is 0 Å². The molecule has 0 aliphatic carbocycles. The Bertz CT molecular complexity index is 1020. The van der Waals surface area contributed by atoms with Gasteiger partial charge in [0, 0.05) is 11.1 Å². The number of rotatable bonds is 8. The van der Waals surface area contributed by atoms with E-state index in [-0.39, 0.29) is 41.3 Å². The highest BCUT2D eigenvalue weighted by molar-refractivity contribution is 5.60. The number of hydrogen-bond donors (Lipinski definition) is 0. The van der Waals surface area contributed by atoms with Gasteiger partial charge in [-0.15, -0.1) is 0 Å². The summed E-state index contributed by atoms with van der Waals surface area (Å²) in [6.07, 6.45) is 0. The molecule has 3 rings (SSSR count). The second-order valence-electron chi connectivity index (χ2n) is 5.72. The Morgan fingerprint density at radius 1 is 1.21 bits per heavy atom. The van der Waals surface area contributed by atoms with Crippen LogP contribution in [0.15, 0.2) is 40.9 Å². The highest BCUT2D eigenvalue weighted by Crippen LogP contribution is 2.33. The molecule has 1 aromatic heterocycles. The first-order valence-corrected chi connectivity index (χ1v) is 8.21. The van der Waals surface area contributed by atoms with E-state index in [1.165, 1.54) is 31.4 Å². The van der Waals surface area contributed by atoms with Gasteiger partial charge in [-0.1, -0.05) is 17.3 Å². The van der Waals surface area contributed by atoms with E-state index in [4.69, 9.17) is 14.0 Å². The Kier molecular flexibility index (Phi) is 5.86. The molecule has 0 aliphatic heterocycles. The van der Waals surface area contributed by atoms with Gasteiger partial charge in [0.1, 0.15) is 0 Å². The Morgan fingerprint density at radius 3 is 2.69 bits per heavy atom. The number of ether oxygens (including phenoxy) is 3. The zero-order chi connectivity index (χ0) is 21.0. The number of aromatic nitrogens is 2. The van der Waals surface area contributed by atoms with Crippen molar-refractivity contribution in [1.82, 2.24) is 10.1 Å². The largest absolute Gasteiger partial charge is 0.493 e. The molecule has 0 saturated carbocycles. The number of benzene rings is 2. The number of para-hydroxylation sites is 1. The fourth-order valence-electron chi connectivity index (χ4n) is 2.55. The van der Waals surface area contributed by atoms with Gasteiger partial charge >= 0.3 is 12.3 Å². The molecule has 0 fully saturated rings. The minimum Gasteiger partial charge on any atom is -0.493 e. The number of halogens is 2. The molecule has 0 amide bonds. The summed E-state index contributed by atoms with van der Waals surface area (Å²) in [5, 5.41) is 15.0. The number of nitro benzene ring substituents is 1. The zero-order valence-corrected chi connectivity index (χ0v) is 15.3. The fourth-order valence-corrected chi connectivity index (χ4v) is 2.55. The van der Waals surface area contributed by atoms with Gasteiger partial charge in [-0.05, 0) is 31.2 Å². The average molecular weight is 407 g/mol. The molecule has 0 aliphatic rings. The van der Waals surface area contributed by atoms with Crippen molar-refractivity contribution in [3.8, 4) is 28.6 Å². The SMILES string of the molecule is COc1cc(-c2noc(COc3cccc(C)c3[N+](=O)[O-])n2)ccc1OC(F)F. The first-order valence-electron chi connectivity index (χ1n) is 8.21. The van der Waals surface area contributed by atoms with Crippen molar-refractivity contribution in [2.24, 2.45) is 0 Å². The first kappa shape index (κ1) is 20.0. The molecule has 0 saturated heterocycles. The quantitative estimate of drug-likeness (QED) is 0.405. The zero-order valence-electron chi connectivity index (χ0n) is 15.3. The highest BCUT2D eigenvalue weighted by Gasteiger charge is 2.20. The van der Waals surface area contributed by atoms with Crippen molar-refractivity contribution in [3.63, 3.8) is 0 Å². The molecule has 0 bridgehead atoms. The third-order valence-electron chi connectivity index (χ3n) is 3.84. The molecule has 9 nitrogen and oxygen atoms in total. The van der Waals surface area contributed by atoms with Crippen molar-refractivity contribution in [2.45, 2.75) is 20.1 Å². The van der Waals surface area contributed by atoms with E-state index in [0.29, 0.717) is 11.1 Å². The lowest BCUT2D eigenvalue weighted by atomic mass is 10.2. The van der Waals surface area contributed by atoms with Crippen LogP contribution in [0.5, 0.6) is 17.2 Å². The van der Waals surface area contributed by atoms with E-state index in [0.717, 1.165) is 0 Å². The molecule has 0 unspecified atom stereocenters. The topological polar surface area (TPSA) is 110 Å². The second kappa shape index (κ2) is 8.50. The fraction of sp³-hybridized carbons (Fsp3) is 0.222. The maximum atomic E-state index is 12.4. The van der Waals surface area contributed by atoms with E-state index >= 15 is 0 Å². The minimum absolute atomic E-state index is 0.0702. The lowest BCUT2D eigenvalue weighted by molar-refractivity contribution is -0.386. The number of nitrogens with zero attached hydrogens (tertiary/aromatic N) is 3. The second-order valence-corrected chi connectivity index (χ2v) is 5.72. The van der Waals surface area contributed by atoms with E-state index in [1.54, 1.807) is 19.1 Å². The Balaban J connectivity index is 1.77. The molecule has 0 spiro atoms. The number of alkyl halides is 2. The normalized spacial score (nSPS) is 10.8. The summed E-state index contributed by atoms with van der Waals surface area (Å²) in [7, 11) is 1.31. The molecular formula is C18H15F2N3O6. The third-order valence-corrected chi connectivity index (χ3v) is 3.84. The Hall–Kier alpha value is -3.76. The van der Waals surface area contributed by atoms with Crippen LogP contribution in [0.1, 0.15) is 11.5 Å². The number of nitro groups is 1. The lowest BCUT2D eigenvalue weighted by Crippen LogP contribution is -2.03.